The number of nitrogens with zero attached hydrogens (tertiary/aromatic N) is 2. The van der Waals surface area contributed by atoms with E-state index in [9.17, 15) is 4.79 Å². The lowest BCUT2D eigenvalue weighted by atomic mass is 10.2. The minimum Gasteiger partial charge on any atom is -0.375 e. The van der Waals surface area contributed by atoms with Crippen LogP contribution in [0.25, 0.3) is 0 Å². The zero-order valence-electron chi connectivity index (χ0n) is 13.4. The van der Waals surface area contributed by atoms with Crippen LogP contribution in [0.15, 0.2) is 30.5 Å². The van der Waals surface area contributed by atoms with Gasteiger partial charge in [-0.05, 0) is 38.1 Å². The summed E-state index contributed by atoms with van der Waals surface area (Å²) in [5, 5.41) is 5.76. The zero-order chi connectivity index (χ0) is 16.1. The van der Waals surface area contributed by atoms with E-state index in [1.165, 1.54) is 9.75 Å². The van der Waals surface area contributed by atoms with E-state index in [4.69, 9.17) is 0 Å². The predicted molar refractivity (Wildman–Crippen MR) is 92.9 cm³/mol. The third-order valence-corrected chi connectivity index (χ3v) is 4.20. The molecule has 0 bridgehead atoms. The van der Waals surface area contributed by atoms with Crippen LogP contribution >= 0.6 is 11.3 Å². The molecule has 2 heterocycles. The number of amides is 2. The van der Waals surface area contributed by atoms with Crippen molar-refractivity contribution in [3.8, 4) is 0 Å². The second-order valence-corrected chi connectivity index (χ2v) is 6.85. The number of thiophene rings is 1. The van der Waals surface area contributed by atoms with E-state index in [2.05, 4.69) is 34.7 Å². The molecule has 0 radical (unpaired) electrons. The van der Waals surface area contributed by atoms with Gasteiger partial charge in [0.2, 0.25) is 0 Å². The number of carbonyl (C=O) groups is 1. The maximum atomic E-state index is 12.1. The number of carbonyl (C=O) groups excluding carboxylic acids is 1. The van der Waals surface area contributed by atoms with Crippen molar-refractivity contribution in [1.82, 2.24) is 10.3 Å². The van der Waals surface area contributed by atoms with Crippen LogP contribution in [-0.4, -0.2) is 31.2 Å². The Hall–Kier alpha value is -2.08. The van der Waals surface area contributed by atoms with E-state index in [1.54, 1.807) is 17.5 Å². The van der Waals surface area contributed by atoms with Crippen LogP contribution in [-0.2, 0) is 6.42 Å². The fourth-order valence-electron chi connectivity index (χ4n) is 2.17. The first kappa shape index (κ1) is 16.3. The van der Waals surface area contributed by atoms with E-state index in [-0.39, 0.29) is 12.1 Å². The van der Waals surface area contributed by atoms with Gasteiger partial charge in [-0.3, -0.25) is 5.32 Å². The van der Waals surface area contributed by atoms with Gasteiger partial charge in [0.1, 0.15) is 0 Å². The molecule has 0 aromatic carbocycles. The number of rotatable bonds is 5. The van der Waals surface area contributed by atoms with Crippen molar-refractivity contribution in [3.05, 3.63) is 40.2 Å². The third-order valence-electron chi connectivity index (χ3n) is 3.18. The molecule has 2 aromatic heterocycles. The van der Waals surface area contributed by atoms with Crippen molar-refractivity contribution in [3.63, 3.8) is 0 Å². The van der Waals surface area contributed by atoms with Crippen LogP contribution in [0.2, 0.25) is 0 Å². The van der Waals surface area contributed by atoms with Crippen molar-refractivity contribution < 1.29 is 4.79 Å². The highest BCUT2D eigenvalue weighted by molar-refractivity contribution is 7.11. The smallest absolute Gasteiger partial charge is 0.320 e. The first-order valence-corrected chi connectivity index (χ1v) is 8.02. The number of hydrogen-bond donors (Lipinski definition) is 2. The number of urea groups is 1. The number of anilines is 2. The lowest BCUT2D eigenvalue weighted by Gasteiger charge is -2.18. The van der Waals surface area contributed by atoms with Crippen molar-refractivity contribution in [2.45, 2.75) is 26.3 Å². The van der Waals surface area contributed by atoms with Crippen LogP contribution in [0.5, 0.6) is 0 Å². The molecular formula is C16H22N4OS. The molecule has 5 nitrogen and oxygen atoms in total. The molecular weight excluding hydrogens is 296 g/mol. The van der Waals surface area contributed by atoms with Crippen LogP contribution < -0.4 is 15.5 Å². The monoisotopic (exact) mass is 318 g/mol. The molecule has 0 saturated carbocycles. The van der Waals surface area contributed by atoms with Gasteiger partial charge in [0.25, 0.3) is 0 Å². The van der Waals surface area contributed by atoms with Crippen LogP contribution in [0.4, 0.5) is 16.3 Å². The van der Waals surface area contributed by atoms with E-state index in [1.807, 2.05) is 38.1 Å². The van der Waals surface area contributed by atoms with Gasteiger partial charge in [-0.2, -0.15) is 0 Å². The summed E-state index contributed by atoms with van der Waals surface area (Å²) in [5.74, 6) is 0.559. The Morgan fingerprint density at radius 3 is 2.77 bits per heavy atom. The lowest BCUT2D eigenvalue weighted by molar-refractivity contribution is 0.249. The summed E-state index contributed by atoms with van der Waals surface area (Å²) in [5.41, 5.74) is 0.874. The van der Waals surface area contributed by atoms with Gasteiger partial charge >= 0.3 is 6.03 Å². The van der Waals surface area contributed by atoms with Gasteiger partial charge in [0.15, 0.2) is 5.82 Å². The summed E-state index contributed by atoms with van der Waals surface area (Å²) in [7, 11) is 3.84. The first-order valence-electron chi connectivity index (χ1n) is 7.21. The summed E-state index contributed by atoms with van der Waals surface area (Å²) in [6.07, 6.45) is 2.50. The van der Waals surface area contributed by atoms with Crippen LogP contribution in [0.1, 0.15) is 16.7 Å². The van der Waals surface area contributed by atoms with Crippen molar-refractivity contribution >= 4 is 28.9 Å². The largest absolute Gasteiger partial charge is 0.375 e. The summed E-state index contributed by atoms with van der Waals surface area (Å²) >= 11 is 1.76. The molecule has 118 valence electrons. The number of nitrogens with one attached hydrogen (secondary N) is 2. The Morgan fingerprint density at radius 2 is 2.14 bits per heavy atom. The standard InChI is InChI=1S/C16H22N4OS/c1-11(10-13-8-7-12(2)22-13)18-16(21)19-15-14(20(3)4)6-5-9-17-15/h5-9,11H,10H2,1-4H3,(H2,17,18,19,21). The molecule has 6 heteroatoms. The van der Waals surface area contributed by atoms with Crippen LogP contribution in [0.3, 0.4) is 0 Å². The zero-order valence-corrected chi connectivity index (χ0v) is 14.2. The molecule has 22 heavy (non-hydrogen) atoms. The van der Waals surface area contributed by atoms with Gasteiger partial charge in [-0.25, -0.2) is 9.78 Å². The molecule has 0 spiro atoms. The Bertz CT molecular complexity index is 639. The number of hydrogen-bond acceptors (Lipinski definition) is 4. The minimum absolute atomic E-state index is 0.0598. The van der Waals surface area contributed by atoms with Gasteiger partial charge in [-0.1, -0.05) is 0 Å². The Balaban J connectivity index is 1.92. The molecule has 2 amide bonds. The second kappa shape index (κ2) is 7.26. The van der Waals surface area contributed by atoms with Crippen LogP contribution in [0, 0.1) is 6.92 Å². The van der Waals surface area contributed by atoms with Crippen molar-refractivity contribution in [2.75, 3.05) is 24.3 Å². The highest BCUT2D eigenvalue weighted by atomic mass is 32.1. The topological polar surface area (TPSA) is 57.3 Å². The molecule has 1 unspecified atom stereocenters. The van der Waals surface area contributed by atoms with E-state index in [0.29, 0.717) is 5.82 Å². The normalized spacial score (nSPS) is 11.8. The van der Waals surface area contributed by atoms with Crippen molar-refractivity contribution in [2.24, 2.45) is 0 Å². The van der Waals surface area contributed by atoms with Gasteiger partial charge < -0.3 is 10.2 Å². The van der Waals surface area contributed by atoms with Gasteiger partial charge in [0.05, 0.1) is 5.69 Å². The number of aryl methyl sites for hydroxylation is 1. The fourth-order valence-corrected chi connectivity index (χ4v) is 3.19. The summed E-state index contributed by atoms with van der Waals surface area (Å²) in [6, 6.07) is 7.80. The molecule has 2 N–H and O–H groups in total. The average Bonchev–Trinajstić information content (AvgIpc) is 2.83. The molecule has 0 aliphatic rings. The molecule has 0 aliphatic heterocycles. The van der Waals surface area contributed by atoms with E-state index >= 15 is 0 Å². The van der Waals surface area contributed by atoms with Crippen molar-refractivity contribution in [1.29, 1.82) is 0 Å². The molecule has 2 aromatic rings. The Kier molecular flexibility index (Phi) is 5.38. The van der Waals surface area contributed by atoms with Gasteiger partial charge in [0, 0.05) is 42.5 Å². The second-order valence-electron chi connectivity index (χ2n) is 5.48. The molecule has 2 rings (SSSR count). The first-order chi connectivity index (χ1) is 10.5. The Labute approximate surface area is 135 Å². The minimum atomic E-state index is -0.234. The summed E-state index contributed by atoms with van der Waals surface area (Å²) in [4.78, 5) is 20.8. The fraction of sp³-hybridized carbons (Fsp3) is 0.375. The average molecular weight is 318 g/mol. The maximum Gasteiger partial charge on any atom is 0.320 e. The highest BCUT2D eigenvalue weighted by Gasteiger charge is 2.12. The highest BCUT2D eigenvalue weighted by Crippen LogP contribution is 2.20. The van der Waals surface area contributed by atoms with E-state index in [0.717, 1.165) is 12.1 Å². The number of pyridine rings is 1. The third kappa shape index (κ3) is 4.46. The Morgan fingerprint density at radius 1 is 1.36 bits per heavy atom. The quantitative estimate of drug-likeness (QED) is 0.889. The lowest BCUT2D eigenvalue weighted by Crippen LogP contribution is -2.37. The number of aromatic nitrogens is 1. The molecule has 0 fully saturated rings. The summed E-state index contributed by atoms with van der Waals surface area (Å²) in [6.45, 7) is 4.09. The summed E-state index contributed by atoms with van der Waals surface area (Å²) < 4.78 is 0. The molecule has 0 aliphatic carbocycles. The SMILES string of the molecule is Cc1ccc(CC(C)NC(=O)Nc2ncccc2N(C)C)s1. The van der Waals surface area contributed by atoms with Gasteiger partial charge in [-0.15, -0.1) is 11.3 Å². The predicted octanol–water partition coefficient (Wildman–Crippen LogP) is 3.27. The molecule has 1 atom stereocenters. The molecule has 0 saturated heterocycles. The van der Waals surface area contributed by atoms with E-state index < -0.39 is 0 Å². The maximum absolute atomic E-state index is 12.1.